The van der Waals surface area contributed by atoms with Crippen molar-refractivity contribution in [3.8, 4) is 17.2 Å². The fourth-order valence-corrected chi connectivity index (χ4v) is 3.90. The molecule has 1 heterocycles. The number of fused-ring (bicyclic) bond motifs is 1. The molecule has 4 aromatic rings. The summed E-state index contributed by atoms with van der Waals surface area (Å²) >= 11 is 12.3. The van der Waals surface area contributed by atoms with E-state index in [1.54, 1.807) is 18.2 Å². The normalized spacial score (nSPS) is 11.0. The molecular weight excluding hydrogens is 423 g/mol. The smallest absolute Gasteiger partial charge is 0.255 e. The highest BCUT2D eigenvalue weighted by atomic mass is 35.5. The number of hydrogen-bond donors (Lipinski definition) is 1. The maximum Gasteiger partial charge on any atom is 0.255 e. The first-order valence-electron chi connectivity index (χ1n) is 9.18. The molecule has 0 spiro atoms. The second-order valence-electron chi connectivity index (χ2n) is 6.95. The molecule has 0 unspecified atom stereocenters. The predicted octanol–water partition coefficient (Wildman–Crippen LogP) is 6.68. The molecule has 0 fully saturated rings. The third-order valence-electron chi connectivity index (χ3n) is 4.72. The summed E-state index contributed by atoms with van der Waals surface area (Å²) in [6.45, 7) is 4.06. The van der Waals surface area contributed by atoms with Gasteiger partial charge in [-0.1, -0.05) is 40.9 Å². The molecule has 5 nitrogen and oxygen atoms in total. The first-order valence-corrected chi connectivity index (χ1v) is 9.94. The summed E-state index contributed by atoms with van der Waals surface area (Å²) in [6.07, 6.45) is 0. The lowest BCUT2D eigenvalue weighted by molar-refractivity contribution is 0.102. The molecule has 0 aliphatic heterocycles. The van der Waals surface area contributed by atoms with Gasteiger partial charge in [-0.15, -0.1) is 0 Å². The van der Waals surface area contributed by atoms with E-state index in [-0.39, 0.29) is 16.0 Å². The second kappa shape index (κ2) is 8.01. The predicted molar refractivity (Wildman–Crippen MR) is 120 cm³/mol. The third kappa shape index (κ3) is 3.86. The molecule has 4 rings (SSSR count). The number of oxazole rings is 1. The zero-order valence-corrected chi connectivity index (χ0v) is 18.1. The van der Waals surface area contributed by atoms with Gasteiger partial charge < -0.3 is 14.5 Å². The van der Waals surface area contributed by atoms with E-state index in [4.69, 9.17) is 32.4 Å². The number of anilines is 1. The second-order valence-corrected chi connectivity index (χ2v) is 7.76. The highest BCUT2D eigenvalue weighted by Crippen LogP contribution is 2.34. The van der Waals surface area contributed by atoms with Crippen molar-refractivity contribution in [1.82, 2.24) is 4.98 Å². The maximum absolute atomic E-state index is 12.6. The number of ether oxygens (including phenoxy) is 1. The minimum Gasteiger partial charge on any atom is -0.494 e. The van der Waals surface area contributed by atoms with Crippen molar-refractivity contribution in [3.05, 3.63) is 75.3 Å². The van der Waals surface area contributed by atoms with Crippen LogP contribution in [0.25, 0.3) is 22.6 Å². The first-order chi connectivity index (χ1) is 14.4. The minimum atomic E-state index is -0.348. The Balaban J connectivity index is 1.62. The molecule has 0 bridgehead atoms. The fraction of sp³-hybridized carbons (Fsp3) is 0.130. The van der Waals surface area contributed by atoms with E-state index in [1.807, 2.05) is 26.0 Å². The number of rotatable bonds is 4. The number of halogens is 2. The first kappa shape index (κ1) is 20.3. The summed E-state index contributed by atoms with van der Waals surface area (Å²) in [7, 11) is 1.46. The van der Waals surface area contributed by atoms with Gasteiger partial charge in [0.15, 0.2) is 11.3 Å². The zero-order valence-electron chi connectivity index (χ0n) is 16.5. The highest BCUT2D eigenvalue weighted by molar-refractivity contribution is 6.37. The van der Waals surface area contributed by atoms with Crippen LogP contribution in [-0.2, 0) is 0 Å². The molecule has 0 aliphatic carbocycles. The van der Waals surface area contributed by atoms with E-state index in [2.05, 4.69) is 16.4 Å². The molecule has 30 heavy (non-hydrogen) atoms. The van der Waals surface area contributed by atoms with Gasteiger partial charge in [0.05, 0.1) is 17.2 Å². The molecule has 0 aliphatic rings. The number of benzene rings is 3. The highest BCUT2D eigenvalue weighted by Gasteiger charge is 2.15. The van der Waals surface area contributed by atoms with Crippen LogP contribution in [0.2, 0.25) is 10.0 Å². The van der Waals surface area contributed by atoms with Crippen molar-refractivity contribution in [3.63, 3.8) is 0 Å². The van der Waals surface area contributed by atoms with E-state index in [0.29, 0.717) is 34.0 Å². The summed E-state index contributed by atoms with van der Waals surface area (Å²) in [5.41, 5.74) is 5.38. The molecule has 0 saturated heterocycles. The number of amides is 1. The number of methoxy groups -OCH3 is 1. The fourth-order valence-electron chi connectivity index (χ4n) is 3.26. The van der Waals surface area contributed by atoms with Crippen molar-refractivity contribution in [2.45, 2.75) is 13.8 Å². The Morgan fingerprint density at radius 3 is 2.43 bits per heavy atom. The summed E-state index contributed by atoms with van der Waals surface area (Å²) in [5, 5.41) is 3.36. The number of carbonyl (C=O) groups excluding carboxylic acids is 1. The molecule has 1 N–H and O–H groups in total. The van der Waals surface area contributed by atoms with Crippen LogP contribution in [0.1, 0.15) is 21.5 Å². The lowest BCUT2D eigenvalue weighted by Crippen LogP contribution is -2.12. The van der Waals surface area contributed by atoms with Crippen LogP contribution in [0.5, 0.6) is 5.75 Å². The van der Waals surface area contributed by atoms with Crippen LogP contribution in [0.15, 0.2) is 52.9 Å². The summed E-state index contributed by atoms with van der Waals surface area (Å²) in [6, 6.07) is 14.4. The monoisotopic (exact) mass is 440 g/mol. The summed E-state index contributed by atoms with van der Waals surface area (Å²) in [4.78, 5) is 17.2. The average molecular weight is 441 g/mol. The molecule has 0 saturated carbocycles. The molecule has 152 valence electrons. The van der Waals surface area contributed by atoms with Gasteiger partial charge in [0.1, 0.15) is 5.52 Å². The summed E-state index contributed by atoms with van der Waals surface area (Å²) in [5.74, 6) is 0.524. The van der Waals surface area contributed by atoms with E-state index < -0.39 is 0 Å². The Bertz CT molecular complexity index is 1260. The maximum atomic E-state index is 12.6. The van der Waals surface area contributed by atoms with Gasteiger partial charge in [0.2, 0.25) is 5.89 Å². The van der Waals surface area contributed by atoms with Crippen LogP contribution in [0.4, 0.5) is 5.69 Å². The Morgan fingerprint density at radius 2 is 1.77 bits per heavy atom. The average Bonchev–Trinajstić information content (AvgIpc) is 3.10. The Hall–Kier alpha value is -3.02. The van der Waals surface area contributed by atoms with Gasteiger partial charge in [-0.05, 0) is 55.8 Å². The van der Waals surface area contributed by atoms with Crippen molar-refractivity contribution in [2.24, 2.45) is 0 Å². The number of carbonyl (C=O) groups is 1. The van der Waals surface area contributed by atoms with E-state index >= 15 is 0 Å². The standard InChI is InChI=1S/C23H18Cl2N2O3/c1-12-4-6-16(13(2)8-12)23-27-19-11-15(5-7-20(19)30-23)26-22(28)14-9-17(24)21(29-3)18(25)10-14/h4-11H,1-3H3,(H,26,28). The minimum absolute atomic E-state index is 0.264. The number of aromatic nitrogens is 1. The molecule has 0 atom stereocenters. The van der Waals surface area contributed by atoms with Gasteiger partial charge in [-0.3, -0.25) is 4.79 Å². The topological polar surface area (TPSA) is 64.4 Å². The SMILES string of the molecule is COc1c(Cl)cc(C(=O)Nc2ccc3oc(-c4ccc(C)cc4C)nc3c2)cc1Cl. The van der Waals surface area contributed by atoms with E-state index in [0.717, 1.165) is 11.1 Å². The zero-order chi connectivity index (χ0) is 21.4. The molecule has 3 aromatic carbocycles. The van der Waals surface area contributed by atoms with Gasteiger partial charge in [0, 0.05) is 16.8 Å². The van der Waals surface area contributed by atoms with Crippen molar-refractivity contribution < 1.29 is 13.9 Å². The summed E-state index contributed by atoms with van der Waals surface area (Å²) < 4.78 is 11.0. The number of aryl methyl sites for hydroxylation is 2. The number of hydrogen-bond acceptors (Lipinski definition) is 4. The quantitative estimate of drug-likeness (QED) is 0.384. The van der Waals surface area contributed by atoms with Crippen LogP contribution in [0, 0.1) is 13.8 Å². The number of nitrogens with zero attached hydrogens (tertiary/aromatic N) is 1. The Labute approximate surface area is 183 Å². The Morgan fingerprint density at radius 1 is 1.03 bits per heavy atom. The third-order valence-corrected chi connectivity index (χ3v) is 5.28. The molecule has 1 amide bonds. The van der Waals surface area contributed by atoms with Gasteiger partial charge >= 0.3 is 0 Å². The van der Waals surface area contributed by atoms with Crippen LogP contribution >= 0.6 is 23.2 Å². The Kier molecular flexibility index (Phi) is 5.41. The molecular formula is C23H18Cl2N2O3. The lowest BCUT2D eigenvalue weighted by atomic mass is 10.1. The molecule has 7 heteroatoms. The van der Waals surface area contributed by atoms with Crippen LogP contribution < -0.4 is 10.1 Å². The van der Waals surface area contributed by atoms with Crippen molar-refractivity contribution in [1.29, 1.82) is 0 Å². The molecule has 0 radical (unpaired) electrons. The van der Waals surface area contributed by atoms with E-state index in [1.165, 1.54) is 24.8 Å². The van der Waals surface area contributed by atoms with E-state index in [9.17, 15) is 4.79 Å². The lowest BCUT2D eigenvalue weighted by Gasteiger charge is -2.09. The number of nitrogens with one attached hydrogen (secondary N) is 1. The molecule has 1 aromatic heterocycles. The van der Waals surface area contributed by atoms with Gasteiger partial charge in [-0.25, -0.2) is 4.98 Å². The van der Waals surface area contributed by atoms with Crippen LogP contribution in [-0.4, -0.2) is 18.0 Å². The van der Waals surface area contributed by atoms with Gasteiger partial charge in [0.25, 0.3) is 5.91 Å². The van der Waals surface area contributed by atoms with Crippen molar-refractivity contribution >= 4 is 45.9 Å². The van der Waals surface area contributed by atoms with Crippen molar-refractivity contribution in [2.75, 3.05) is 12.4 Å². The van der Waals surface area contributed by atoms with Gasteiger partial charge in [-0.2, -0.15) is 0 Å². The largest absolute Gasteiger partial charge is 0.494 e. The van der Waals surface area contributed by atoms with Crippen LogP contribution in [0.3, 0.4) is 0 Å².